The Kier molecular flexibility index (Phi) is 6.35. The summed E-state index contributed by atoms with van der Waals surface area (Å²) in [5.74, 6) is -1.97. The quantitative estimate of drug-likeness (QED) is 0.577. The van der Waals surface area contributed by atoms with Gasteiger partial charge in [-0.25, -0.2) is 4.39 Å². The average molecular weight is 434 g/mol. The van der Waals surface area contributed by atoms with Crippen LogP contribution < -0.4 is 0 Å². The highest BCUT2D eigenvalue weighted by Gasteiger charge is 2.44. The maximum absolute atomic E-state index is 14.2. The van der Waals surface area contributed by atoms with Gasteiger partial charge >= 0.3 is 5.97 Å². The fourth-order valence-corrected chi connectivity index (χ4v) is 4.72. The number of allylic oxidation sites excluding steroid dienone is 2. The molecular weight excluding hydrogens is 405 g/mol. The number of rotatable bonds is 5. The Hall–Kier alpha value is -3.08. The third-order valence-electron chi connectivity index (χ3n) is 6.18. The number of Topliss-reactive ketones (excluding diaryl/α,β-unsaturated/α-hetero) is 1. The molecule has 0 fully saturated rings. The fourth-order valence-electron chi connectivity index (χ4n) is 4.72. The summed E-state index contributed by atoms with van der Waals surface area (Å²) in [6.45, 7) is 6.02. The van der Waals surface area contributed by atoms with Gasteiger partial charge in [0.1, 0.15) is 11.7 Å². The van der Waals surface area contributed by atoms with E-state index in [2.05, 4.69) is 0 Å². The van der Waals surface area contributed by atoms with Gasteiger partial charge in [0.05, 0.1) is 6.61 Å². The number of nitrogens with zero attached hydrogens (tertiary/aromatic N) is 1. The van der Waals surface area contributed by atoms with Crippen molar-refractivity contribution in [2.24, 2.45) is 16.8 Å². The van der Waals surface area contributed by atoms with Gasteiger partial charge in [-0.3, -0.25) is 14.6 Å². The molecule has 2 aliphatic rings. The summed E-state index contributed by atoms with van der Waals surface area (Å²) in [4.78, 5) is 31.3. The predicted octanol–water partition coefficient (Wildman–Crippen LogP) is 5.60. The smallest absolute Gasteiger partial charge is 0.315 e. The zero-order valence-electron chi connectivity index (χ0n) is 18.7. The summed E-state index contributed by atoms with van der Waals surface area (Å²) in [6.07, 6.45) is 0.957. The van der Waals surface area contributed by atoms with Crippen molar-refractivity contribution in [2.75, 3.05) is 6.61 Å². The molecule has 1 aliphatic carbocycles. The second kappa shape index (κ2) is 9.19. The van der Waals surface area contributed by atoms with Gasteiger partial charge in [0, 0.05) is 29.3 Å². The number of carbonyl (C=O) groups is 2. The third kappa shape index (κ3) is 4.43. The molecule has 0 N–H and O–H groups in total. The van der Waals surface area contributed by atoms with Gasteiger partial charge in [-0.2, -0.15) is 0 Å². The molecule has 1 heterocycles. The lowest BCUT2D eigenvalue weighted by molar-refractivity contribution is -0.147. The molecule has 4 rings (SSSR count). The van der Waals surface area contributed by atoms with E-state index in [1.165, 1.54) is 12.1 Å². The number of benzene rings is 2. The van der Waals surface area contributed by atoms with Crippen LogP contribution in [0.15, 0.2) is 70.9 Å². The molecule has 0 saturated heterocycles. The van der Waals surface area contributed by atoms with Crippen molar-refractivity contribution < 1.29 is 18.7 Å². The van der Waals surface area contributed by atoms with Crippen LogP contribution in [-0.4, -0.2) is 24.1 Å². The normalized spacial score (nSPS) is 23.1. The van der Waals surface area contributed by atoms with E-state index >= 15 is 0 Å². The van der Waals surface area contributed by atoms with E-state index in [0.717, 1.165) is 5.56 Å². The lowest BCUT2D eigenvalue weighted by atomic mass is 9.69. The Bertz CT molecular complexity index is 1090. The predicted molar refractivity (Wildman–Crippen MR) is 122 cm³/mol. The van der Waals surface area contributed by atoms with E-state index in [9.17, 15) is 14.0 Å². The fraction of sp³-hybridized carbons (Fsp3) is 0.370. The summed E-state index contributed by atoms with van der Waals surface area (Å²) in [7, 11) is 0. The minimum atomic E-state index is -0.744. The van der Waals surface area contributed by atoms with Gasteiger partial charge in [-0.15, -0.1) is 0 Å². The summed E-state index contributed by atoms with van der Waals surface area (Å²) in [6, 6.07) is 16.1. The summed E-state index contributed by atoms with van der Waals surface area (Å²) < 4.78 is 19.7. The van der Waals surface area contributed by atoms with Crippen LogP contribution in [0.1, 0.15) is 56.6 Å². The Morgan fingerprint density at radius 3 is 2.50 bits per heavy atom. The molecule has 0 bridgehead atoms. The Morgan fingerprint density at radius 2 is 1.81 bits per heavy atom. The molecule has 0 amide bonds. The van der Waals surface area contributed by atoms with Gasteiger partial charge in [0.25, 0.3) is 0 Å². The first-order chi connectivity index (χ1) is 15.3. The van der Waals surface area contributed by atoms with Crippen molar-refractivity contribution in [3.05, 3.63) is 82.8 Å². The van der Waals surface area contributed by atoms with E-state index in [1.54, 1.807) is 19.1 Å². The molecule has 3 atom stereocenters. The van der Waals surface area contributed by atoms with Gasteiger partial charge in [0.15, 0.2) is 5.78 Å². The van der Waals surface area contributed by atoms with Gasteiger partial charge < -0.3 is 4.74 Å². The number of carbonyl (C=O) groups excluding carboxylic acids is 2. The van der Waals surface area contributed by atoms with Crippen LogP contribution in [0.2, 0.25) is 0 Å². The van der Waals surface area contributed by atoms with E-state index in [1.807, 2.05) is 44.2 Å². The number of ether oxygens (including phenoxy) is 1. The van der Waals surface area contributed by atoms with Crippen LogP contribution in [0.25, 0.3) is 0 Å². The average Bonchev–Trinajstić information content (AvgIpc) is 2.77. The van der Waals surface area contributed by atoms with Gasteiger partial charge in [-0.1, -0.05) is 56.3 Å². The highest BCUT2D eigenvalue weighted by Crippen LogP contribution is 2.46. The Labute approximate surface area is 188 Å². The minimum absolute atomic E-state index is 0.0349. The van der Waals surface area contributed by atoms with E-state index in [4.69, 9.17) is 9.73 Å². The molecule has 2 aromatic carbocycles. The lowest BCUT2D eigenvalue weighted by Gasteiger charge is -2.36. The molecule has 0 spiro atoms. The van der Waals surface area contributed by atoms with Crippen molar-refractivity contribution in [1.29, 1.82) is 0 Å². The van der Waals surface area contributed by atoms with E-state index in [-0.39, 0.29) is 24.2 Å². The molecule has 0 saturated carbocycles. The Morgan fingerprint density at radius 1 is 1.09 bits per heavy atom. The Balaban J connectivity index is 1.77. The number of hydrogen-bond acceptors (Lipinski definition) is 4. The number of aliphatic imine (C=N–C) groups is 1. The van der Waals surface area contributed by atoms with Gasteiger partial charge in [-0.05, 0) is 48.4 Å². The first-order valence-electron chi connectivity index (χ1n) is 11.1. The molecule has 0 radical (unpaired) electrons. The molecule has 1 unspecified atom stereocenters. The number of ketones is 1. The molecule has 4 nitrogen and oxygen atoms in total. The SMILES string of the molecule is CC1=NC2=C(C(=O)C[C@@H](c3ccccc3)C2)[C@H](c2cccc(F)c2)C1C(=O)OCC(C)C. The first-order valence-corrected chi connectivity index (χ1v) is 11.1. The van der Waals surface area contributed by atoms with E-state index < -0.39 is 23.6 Å². The van der Waals surface area contributed by atoms with Crippen LogP contribution >= 0.6 is 0 Å². The molecule has 2 aromatic rings. The number of halogens is 1. The zero-order chi connectivity index (χ0) is 22.8. The molecule has 0 aromatic heterocycles. The third-order valence-corrected chi connectivity index (χ3v) is 6.18. The van der Waals surface area contributed by atoms with Crippen LogP contribution in [-0.2, 0) is 14.3 Å². The largest absolute Gasteiger partial charge is 0.465 e. The van der Waals surface area contributed by atoms with Crippen molar-refractivity contribution in [3.8, 4) is 0 Å². The van der Waals surface area contributed by atoms with Crippen molar-refractivity contribution in [3.63, 3.8) is 0 Å². The minimum Gasteiger partial charge on any atom is -0.465 e. The number of esters is 1. The van der Waals surface area contributed by atoms with Crippen molar-refractivity contribution in [2.45, 2.75) is 45.4 Å². The summed E-state index contributed by atoms with van der Waals surface area (Å²) >= 11 is 0. The molecule has 1 aliphatic heterocycles. The van der Waals surface area contributed by atoms with Crippen molar-refractivity contribution >= 4 is 17.5 Å². The van der Waals surface area contributed by atoms with Crippen LogP contribution in [0.3, 0.4) is 0 Å². The van der Waals surface area contributed by atoms with Crippen LogP contribution in [0.4, 0.5) is 4.39 Å². The highest BCUT2D eigenvalue weighted by atomic mass is 19.1. The monoisotopic (exact) mass is 433 g/mol. The zero-order valence-corrected chi connectivity index (χ0v) is 18.7. The second-order valence-corrected chi connectivity index (χ2v) is 9.09. The van der Waals surface area contributed by atoms with Crippen molar-refractivity contribution in [1.82, 2.24) is 0 Å². The standard InChI is InChI=1S/C27H28FNO3/c1-16(2)15-32-27(31)24-17(3)29-22-13-20(18-8-5-4-6-9-18)14-23(30)26(22)25(24)19-10-7-11-21(28)12-19/h4-12,16,20,24-25H,13-15H2,1-3H3/t20-,24?,25+/m0/s1. The molecule has 5 heteroatoms. The maximum atomic E-state index is 14.2. The highest BCUT2D eigenvalue weighted by molar-refractivity contribution is 6.09. The number of hydrogen-bond donors (Lipinski definition) is 0. The lowest BCUT2D eigenvalue weighted by Crippen LogP contribution is -2.38. The van der Waals surface area contributed by atoms with Gasteiger partial charge in [0.2, 0.25) is 0 Å². The van der Waals surface area contributed by atoms with Crippen LogP contribution in [0, 0.1) is 17.7 Å². The maximum Gasteiger partial charge on any atom is 0.315 e. The molecular formula is C27H28FNO3. The molecule has 32 heavy (non-hydrogen) atoms. The molecule has 166 valence electrons. The first kappa shape index (κ1) is 22.1. The topological polar surface area (TPSA) is 55.7 Å². The summed E-state index contributed by atoms with van der Waals surface area (Å²) in [5, 5.41) is 0. The van der Waals surface area contributed by atoms with E-state index in [0.29, 0.717) is 35.4 Å². The van der Waals surface area contributed by atoms with Crippen LogP contribution in [0.5, 0.6) is 0 Å². The summed E-state index contributed by atoms with van der Waals surface area (Å²) in [5.41, 5.74) is 3.54. The second-order valence-electron chi connectivity index (χ2n) is 9.09.